The minimum atomic E-state index is -0.758. The molecule has 0 spiro atoms. The van der Waals surface area contributed by atoms with Gasteiger partial charge in [0.05, 0.1) is 5.69 Å². The van der Waals surface area contributed by atoms with Crippen LogP contribution in [0.15, 0.2) is 59.1 Å². The minimum Gasteiger partial charge on any atom is -0.507 e. The van der Waals surface area contributed by atoms with Crippen molar-refractivity contribution in [1.82, 2.24) is 0 Å². The molecule has 0 aliphatic rings. The average Bonchev–Trinajstić information content (AvgIpc) is 2.61. The molecule has 0 aliphatic carbocycles. The molecule has 3 aromatic carbocycles. The standard InChI is InChI=1S/C20H16BrNO4/c1-12-6-7-17(16(21)8-12)22-19(24)11-26-20(25)15-9-13-4-2-3-5-14(13)10-18(15)23/h2-10,23H,11H2,1H3,(H,22,24). The van der Waals surface area contributed by atoms with E-state index in [1.54, 1.807) is 12.1 Å². The SMILES string of the molecule is Cc1ccc(NC(=O)COC(=O)c2cc3ccccc3cc2O)c(Br)c1. The Balaban J connectivity index is 1.66. The first-order valence-corrected chi connectivity index (χ1v) is 8.68. The highest BCUT2D eigenvalue weighted by Gasteiger charge is 2.16. The van der Waals surface area contributed by atoms with Gasteiger partial charge in [-0.15, -0.1) is 0 Å². The number of phenols is 1. The Morgan fingerprint density at radius 2 is 1.77 bits per heavy atom. The van der Waals surface area contributed by atoms with Gasteiger partial charge in [-0.2, -0.15) is 0 Å². The summed E-state index contributed by atoms with van der Waals surface area (Å²) < 4.78 is 5.77. The summed E-state index contributed by atoms with van der Waals surface area (Å²) in [7, 11) is 0. The Morgan fingerprint density at radius 3 is 2.46 bits per heavy atom. The van der Waals surface area contributed by atoms with Gasteiger partial charge < -0.3 is 15.2 Å². The molecule has 26 heavy (non-hydrogen) atoms. The van der Waals surface area contributed by atoms with Crippen molar-refractivity contribution in [3.05, 3.63) is 70.2 Å². The van der Waals surface area contributed by atoms with Crippen molar-refractivity contribution < 1.29 is 19.4 Å². The van der Waals surface area contributed by atoms with Crippen LogP contribution in [0.2, 0.25) is 0 Å². The van der Waals surface area contributed by atoms with Gasteiger partial charge in [-0.1, -0.05) is 30.3 Å². The number of ether oxygens (including phenoxy) is 1. The molecule has 0 saturated heterocycles. The fourth-order valence-electron chi connectivity index (χ4n) is 2.51. The zero-order valence-electron chi connectivity index (χ0n) is 14.0. The van der Waals surface area contributed by atoms with Crippen molar-refractivity contribution in [1.29, 1.82) is 0 Å². The fraction of sp³-hybridized carbons (Fsp3) is 0.100. The van der Waals surface area contributed by atoms with E-state index in [0.717, 1.165) is 20.8 Å². The second-order valence-corrected chi connectivity index (χ2v) is 6.68. The molecule has 0 aromatic heterocycles. The van der Waals surface area contributed by atoms with Crippen LogP contribution in [0.4, 0.5) is 5.69 Å². The van der Waals surface area contributed by atoms with Crippen LogP contribution in [0.5, 0.6) is 5.75 Å². The van der Waals surface area contributed by atoms with Gasteiger partial charge >= 0.3 is 5.97 Å². The smallest absolute Gasteiger partial charge is 0.342 e. The molecule has 3 rings (SSSR count). The molecule has 6 heteroatoms. The number of aryl methyl sites for hydroxylation is 1. The number of phenolic OH excluding ortho intramolecular Hbond substituents is 1. The lowest BCUT2D eigenvalue weighted by molar-refractivity contribution is -0.119. The van der Waals surface area contributed by atoms with E-state index in [9.17, 15) is 14.7 Å². The molecule has 0 aliphatic heterocycles. The largest absolute Gasteiger partial charge is 0.507 e. The number of fused-ring (bicyclic) bond motifs is 1. The number of amides is 1. The summed E-state index contributed by atoms with van der Waals surface area (Å²) in [6, 6.07) is 15.9. The number of nitrogens with one attached hydrogen (secondary N) is 1. The summed E-state index contributed by atoms with van der Waals surface area (Å²) in [6.07, 6.45) is 0. The summed E-state index contributed by atoms with van der Waals surface area (Å²) in [4.78, 5) is 24.2. The molecule has 0 saturated carbocycles. The van der Waals surface area contributed by atoms with Crippen LogP contribution in [0.3, 0.4) is 0 Å². The third-order valence-corrected chi connectivity index (χ3v) is 4.47. The third kappa shape index (κ3) is 4.03. The second kappa shape index (κ2) is 7.58. The maximum absolute atomic E-state index is 12.2. The molecule has 0 bridgehead atoms. The van der Waals surface area contributed by atoms with Crippen LogP contribution in [0.25, 0.3) is 10.8 Å². The maximum atomic E-state index is 12.2. The van der Waals surface area contributed by atoms with Crippen LogP contribution >= 0.6 is 15.9 Å². The normalized spacial score (nSPS) is 10.5. The maximum Gasteiger partial charge on any atom is 0.342 e. The molecule has 0 heterocycles. The zero-order valence-corrected chi connectivity index (χ0v) is 15.5. The number of hydrogen-bond acceptors (Lipinski definition) is 4. The molecule has 0 fully saturated rings. The van der Waals surface area contributed by atoms with E-state index >= 15 is 0 Å². The first-order valence-electron chi connectivity index (χ1n) is 7.89. The Bertz CT molecular complexity index is 1000. The summed E-state index contributed by atoms with van der Waals surface area (Å²) in [5.74, 6) is -1.41. The Kier molecular flexibility index (Phi) is 5.23. The lowest BCUT2D eigenvalue weighted by atomic mass is 10.1. The molecule has 0 radical (unpaired) electrons. The average molecular weight is 414 g/mol. The lowest BCUT2D eigenvalue weighted by Gasteiger charge is -2.10. The van der Waals surface area contributed by atoms with Gasteiger partial charge in [0.15, 0.2) is 6.61 Å². The number of anilines is 1. The highest BCUT2D eigenvalue weighted by Crippen LogP contribution is 2.26. The number of rotatable bonds is 4. The molecule has 132 valence electrons. The molecule has 3 aromatic rings. The van der Waals surface area contributed by atoms with Crippen LogP contribution in [-0.2, 0) is 9.53 Å². The van der Waals surface area contributed by atoms with E-state index in [-0.39, 0.29) is 11.3 Å². The van der Waals surface area contributed by atoms with Crippen molar-refractivity contribution >= 4 is 44.3 Å². The number of aromatic hydroxyl groups is 1. The van der Waals surface area contributed by atoms with Gasteiger partial charge in [-0.3, -0.25) is 4.79 Å². The van der Waals surface area contributed by atoms with Crippen molar-refractivity contribution in [3.63, 3.8) is 0 Å². The van der Waals surface area contributed by atoms with E-state index < -0.39 is 18.5 Å². The molecular formula is C20H16BrNO4. The quantitative estimate of drug-likeness (QED) is 0.621. The molecule has 1 amide bonds. The molecular weight excluding hydrogens is 398 g/mol. The highest BCUT2D eigenvalue weighted by atomic mass is 79.9. The van der Waals surface area contributed by atoms with Gasteiger partial charge in [0.25, 0.3) is 5.91 Å². The third-order valence-electron chi connectivity index (χ3n) is 3.82. The molecule has 0 unspecified atom stereocenters. The topological polar surface area (TPSA) is 75.6 Å². The van der Waals surface area contributed by atoms with Crippen molar-refractivity contribution in [2.24, 2.45) is 0 Å². The number of carbonyl (C=O) groups excluding carboxylic acids is 2. The van der Waals surface area contributed by atoms with E-state index in [1.165, 1.54) is 6.07 Å². The van der Waals surface area contributed by atoms with Gasteiger partial charge in [-0.05, 0) is 63.5 Å². The van der Waals surface area contributed by atoms with E-state index in [4.69, 9.17) is 4.74 Å². The Morgan fingerprint density at radius 1 is 1.08 bits per heavy atom. The van der Waals surface area contributed by atoms with Crippen molar-refractivity contribution in [2.75, 3.05) is 11.9 Å². The van der Waals surface area contributed by atoms with Crippen LogP contribution in [-0.4, -0.2) is 23.6 Å². The number of benzene rings is 3. The van der Waals surface area contributed by atoms with Gasteiger partial charge in [0, 0.05) is 4.47 Å². The lowest BCUT2D eigenvalue weighted by Crippen LogP contribution is -2.21. The summed E-state index contributed by atoms with van der Waals surface area (Å²) in [6.45, 7) is 1.49. The Hall–Kier alpha value is -2.86. The zero-order chi connectivity index (χ0) is 18.7. The van der Waals surface area contributed by atoms with E-state index in [2.05, 4.69) is 21.2 Å². The van der Waals surface area contributed by atoms with E-state index in [1.807, 2.05) is 43.3 Å². The number of hydrogen-bond donors (Lipinski definition) is 2. The predicted molar refractivity (Wildman–Crippen MR) is 103 cm³/mol. The van der Waals surface area contributed by atoms with Gasteiger partial charge in [-0.25, -0.2) is 4.79 Å². The molecule has 0 atom stereocenters. The Labute approximate surface area is 158 Å². The molecule has 5 nitrogen and oxygen atoms in total. The fourth-order valence-corrected chi connectivity index (χ4v) is 3.10. The van der Waals surface area contributed by atoms with Gasteiger partial charge in [0.2, 0.25) is 0 Å². The first kappa shape index (κ1) is 17.9. The van der Waals surface area contributed by atoms with Crippen LogP contribution in [0.1, 0.15) is 15.9 Å². The summed E-state index contributed by atoms with van der Waals surface area (Å²) >= 11 is 3.37. The summed E-state index contributed by atoms with van der Waals surface area (Å²) in [5.41, 5.74) is 1.66. The van der Waals surface area contributed by atoms with Crippen molar-refractivity contribution in [3.8, 4) is 5.75 Å². The number of esters is 1. The highest BCUT2D eigenvalue weighted by molar-refractivity contribution is 9.10. The number of halogens is 1. The second-order valence-electron chi connectivity index (χ2n) is 5.82. The van der Waals surface area contributed by atoms with Crippen LogP contribution < -0.4 is 5.32 Å². The molecule has 2 N–H and O–H groups in total. The van der Waals surface area contributed by atoms with Gasteiger partial charge in [0.1, 0.15) is 11.3 Å². The minimum absolute atomic E-state index is 0.0213. The van der Waals surface area contributed by atoms with Crippen molar-refractivity contribution in [2.45, 2.75) is 6.92 Å². The summed E-state index contributed by atoms with van der Waals surface area (Å²) in [5, 5.41) is 14.3. The van der Waals surface area contributed by atoms with Crippen LogP contribution in [0, 0.1) is 6.92 Å². The monoisotopic (exact) mass is 413 g/mol. The first-order chi connectivity index (χ1) is 12.4. The number of carbonyl (C=O) groups is 2. The van der Waals surface area contributed by atoms with E-state index in [0.29, 0.717) is 5.69 Å². The predicted octanol–water partition coefficient (Wildman–Crippen LogP) is 4.41.